The monoisotopic (exact) mass is 342 g/mol. The molecule has 0 aliphatic carbocycles. The first kappa shape index (κ1) is 16.0. The van der Waals surface area contributed by atoms with E-state index >= 15 is 0 Å². The van der Waals surface area contributed by atoms with Crippen LogP contribution in [-0.2, 0) is 17.7 Å². The fraction of sp³-hybridized carbons (Fsp3) is 0.368. The minimum atomic E-state index is -0.192. The topological polar surface area (TPSA) is 51.7 Å². The van der Waals surface area contributed by atoms with Crippen molar-refractivity contribution in [2.45, 2.75) is 25.5 Å². The second-order valence-corrected chi connectivity index (χ2v) is 6.34. The maximum Gasteiger partial charge on any atom is 0.254 e. The van der Waals surface area contributed by atoms with Gasteiger partial charge in [0.1, 0.15) is 11.9 Å². The standard InChI is InChI=1S/C19H19FN2O3/c20-17-3-1-2-14-11-22(8-5-16(14)17)19(23)13-4-7-21-18(10-13)25-15-6-9-24-12-15/h1-4,7,10,15H,5-6,8-9,11-12H2/t15-/m1/s1. The minimum absolute atomic E-state index is 0.0114. The van der Waals surface area contributed by atoms with E-state index in [4.69, 9.17) is 9.47 Å². The van der Waals surface area contributed by atoms with Crippen LogP contribution in [0.2, 0.25) is 0 Å². The van der Waals surface area contributed by atoms with E-state index in [0.717, 1.165) is 12.0 Å². The molecule has 25 heavy (non-hydrogen) atoms. The van der Waals surface area contributed by atoms with Crippen LogP contribution < -0.4 is 4.74 Å². The van der Waals surface area contributed by atoms with Gasteiger partial charge < -0.3 is 14.4 Å². The Morgan fingerprint density at radius 2 is 2.28 bits per heavy atom. The third kappa shape index (κ3) is 3.35. The van der Waals surface area contributed by atoms with Crippen LogP contribution in [0, 0.1) is 5.82 Å². The highest BCUT2D eigenvalue weighted by Gasteiger charge is 2.24. The highest BCUT2D eigenvalue weighted by Crippen LogP contribution is 2.24. The number of hydrogen-bond donors (Lipinski definition) is 0. The Kier molecular flexibility index (Phi) is 4.36. The molecule has 2 aliphatic rings. The summed E-state index contributed by atoms with van der Waals surface area (Å²) in [5.41, 5.74) is 2.11. The molecule has 130 valence electrons. The molecule has 0 spiro atoms. The molecule has 0 radical (unpaired) electrons. The van der Waals surface area contributed by atoms with Crippen molar-refractivity contribution in [2.75, 3.05) is 19.8 Å². The first-order chi connectivity index (χ1) is 12.2. The average molecular weight is 342 g/mol. The van der Waals surface area contributed by atoms with E-state index in [9.17, 15) is 9.18 Å². The summed E-state index contributed by atoms with van der Waals surface area (Å²) in [6, 6.07) is 8.38. The molecule has 1 aromatic carbocycles. The van der Waals surface area contributed by atoms with Gasteiger partial charge in [-0.2, -0.15) is 0 Å². The van der Waals surface area contributed by atoms with Gasteiger partial charge in [0, 0.05) is 37.3 Å². The molecule has 1 fully saturated rings. The number of hydrogen-bond acceptors (Lipinski definition) is 4. The van der Waals surface area contributed by atoms with E-state index in [0.29, 0.717) is 49.7 Å². The predicted molar refractivity (Wildman–Crippen MR) is 88.9 cm³/mol. The Bertz CT molecular complexity index is 790. The molecule has 1 saturated heterocycles. The number of amides is 1. The molecule has 1 aromatic heterocycles. The Labute approximate surface area is 145 Å². The first-order valence-electron chi connectivity index (χ1n) is 8.47. The van der Waals surface area contributed by atoms with E-state index in [1.54, 1.807) is 29.3 Å². The molecule has 3 heterocycles. The van der Waals surface area contributed by atoms with Crippen LogP contribution in [-0.4, -0.2) is 41.7 Å². The fourth-order valence-corrected chi connectivity index (χ4v) is 3.30. The summed E-state index contributed by atoms with van der Waals surface area (Å²) in [7, 11) is 0. The van der Waals surface area contributed by atoms with Crippen LogP contribution in [0.15, 0.2) is 36.5 Å². The van der Waals surface area contributed by atoms with Crippen molar-refractivity contribution < 1.29 is 18.7 Å². The zero-order valence-corrected chi connectivity index (χ0v) is 13.8. The van der Waals surface area contributed by atoms with Gasteiger partial charge >= 0.3 is 0 Å². The third-order valence-electron chi connectivity index (χ3n) is 4.65. The lowest BCUT2D eigenvalue weighted by Gasteiger charge is -2.29. The Balaban J connectivity index is 1.49. The van der Waals surface area contributed by atoms with Crippen molar-refractivity contribution in [1.82, 2.24) is 9.88 Å². The van der Waals surface area contributed by atoms with Gasteiger partial charge in [-0.1, -0.05) is 12.1 Å². The number of carbonyl (C=O) groups is 1. The largest absolute Gasteiger partial charge is 0.472 e. The summed E-state index contributed by atoms with van der Waals surface area (Å²) in [6.07, 6.45) is 2.92. The predicted octanol–water partition coefficient (Wildman–Crippen LogP) is 2.59. The fourth-order valence-electron chi connectivity index (χ4n) is 3.30. The number of fused-ring (bicyclic) bond motifs is 1. The lowest BCUT2D eigenvalue weighted by atomic mass is 9.98. The molecule has 1 amide bonds. The molecule has 1 atom stereocenters. The summed E-state index contributed by atoms with van der Waals surface area (Å²) < 4.78 is 24.9. The highest BCUT2D eigenvalue weighted by atomic mass is 19.1. The molecule has 2 aromatic rings. The third-order valence-corrected chi connectivity index (χ3v) is 4.65. The van der Waals surface area contributed by atoms with Crippen LogP contribution >= 0.6 is 0 Å². The van der Waals surface area contributed by atoms with Crippen LogP contribution in [0.25, 0.3) is 0 Å². The molecule has 5 nitrogen and oxygen atoms in total. The molecule has 0 bridgehead atoms. The van der Waals surface area contributed by atoms with Crippen molar-refractivity contribution >= 4 is 5.91 Å². The summed E-state index contributed by atoms with van der Waals surface area (Å²) in [5.74, 6) is 0.151. The number of rotatable bonds is 3. The number of nitrogens with zero attached hydrogens (tertiary/aromatic N) is 2. The van der Waals surface area contributed by atoms with Gasteiger partial charge in [0.25, 0.3) is 5.91 Å². The van der Waals surface area contributed by atoms with Crippen molar-refractivity contribution in [3.05, 3.63) is 59.0 Å². The molecular weight excluding hydrogens is 323 g/mol. The van der Waals surface area contributed by atoms with Crippen LogP contribution in [0.1, 0.15) is 27.9 Å². The summed E-state index contributed by atoms with van der Waals surface area (Å²) in [5, 5.41) is 0. The summed E-state index contributed by atoms with van der Waals surface area (Å²) in [4.78, 5) is 18.7. The number of carbonyl (C=O) groups excluding carboxylic acids is 1. The number of benzene rings is 1. The van der Waals surface area contributed by atoms with Gasteiger partial charge in [-0.25, -0.2) is 9.37 Å². The minimum Gasteiger partial charge on any atom is -0.472 e. The highest BCUT2D eigenvalue weighted by molar-refractivity contribution is 5.94. The molecule has 4 rings (SSSR count). The van der Waals surface area contributed by atoms with E-state index in [1.807, 2.05) is 6.07 Å². The van der Waals surface area contributed by atoms with Crippen molar-refractivity contribution in [1.29, 1.82) is 0 Å². The van der Waals surface area contributed by atoms with Crippen LogP contribution in [0.3, 0.4) is 0 Å². The van der Waals surface area contributed by atoms with Crippen molar-refractivity contribution in [3.8, 4) is 5.88 Å². The number of aromatic nitrogens is 1. The Hall–Kier alpha value is -2.47. The molecule has 6 heteroatoms. The molecular formula is C19H19FN2O3. The summed E-state index contributed by atoms with van der Waals surface area (Å²) >= 11 is 0. The average Bonchev–Trinajstić information content (AvgIpc) is 3.14. The first-order valence-corrected chi connectivity index (χ1v) is 8.47. The zero-order chi connectivity index (χ0) is 17.2. The van der Waals surface area contributed by atoms with Gasteiger partial charge in [0.15, 0.2) is 0 Å². The Morgan fingerprint density at radius 1 is 1.36 bits per heavy atom. The molecule has 0 saturated carbocycles. The maximum absolute atomic E-state index is 13.8. The van der Waals surface area contributed by atoms with E-state index < -0.39 is 0 Å². The SMILES string of the molecule is O=C(c1ccnc(O[C@@H]2CCOC2)c1)N1CCc2c(F)cccc2C1. The summed E-state index contributed by atoms with van der Waals surface area (Å²) in [6.45, 7) is 2.16. The lowest BCUT2D eigenvalue weighted by Crippen LogP contribution is -2.36. The lowest BCUT2D eigenvalue weighted by molar-refractivity contribution is 0.0732. The van der Waals surface area contributed by atoms with Crippen molar-refractivity contribution in [3.63, 3.8) is 0 Å². The van der Waals surface area contributed by atoms with E-state index in [2.05, 4.69) is 4.98 Å². The normalized spacial score (nSPS) is 19.6. The maximum atomic E-state index is 13.8. The number of ether oxygens (including phenoxy) is 2. The van der Waals surface area contributed by atoms with Crippen molar-refractivity contribution in [2.24, 2.45) is 0 Å². The van der Waals surface area contributed by atoms with Gasteiger partial charge in [-0.05, 0) is 29.7 Å². The van der Waals surface area contributed by atoms with E-state index in [1.165, 1.54) is 6.07 Å². The quantitative estimate of drug-likeness (QED) is 0.860. The number of halogens is 1. The molecule has 0 unspecified atom stereocenters. The zero-order valence-electron chi connectivity index (χ0n) is 13.8. The smallest absolute Gasteiger partial charge is 0.254 e. The second kappa shape index (κ2) is 6.80. The van der Waals surface area contributed by atoms with Gasteiger partial charge in [-0.3, -0.25) is 4.79 Å². The van der Waals surface area contributed by atoms with Gasteiger partial charge in [0.05, 0.1) is 13.2 Å². The molecule has 2 aliphatic heterocycles. The van der Waals surface area contributed by atoms with Crippen LogP contribution in [0.5, 0.6) is 5.88 Å². The molecule has 0 N–H and O–H groups in total. The van der Waals surface area contributed by atoms with Gasteiger partial charge in [-0.15, -0.1) is 0 Å². The van der Waals surface area contributed by atoms with E-state index in [-0.39, 0.29) is 17.8 Å². The Morgan fingerprint density at radius 3 is 3.12 bits per heavy atom. The van der Waals surface area contributed by atoms with Gasteiger partial charge in [0.2, 0.25) is 5.88 Å². The second-order valence-electron chi connectivity index (χ2n) is 6.34. The van der Waals surface area contributed by atoms with Crippen LogP contribution in [0.4, 0.5) is 4.39 Å². The number of pyridine rings is 1.